The van der Waals surface area contributed by atoms with Gasteiger partial charge in [-0.25, -0.2) is 9.18 Å². The van der Waals surface area contributed by atoms with Gasteiger partial charge in [-0.05, 0) is 25.0 Å². The minimum Gasteiger partial charge on any atom is -0.462 e. The lowest BCUT2D eigenvalue weighted by Gasteiger charge is -2.27. The molecule has 0 spiro atoms. The Kier molecular flexibility index (Phi) is 5.42. The number of allylic oxidation sites excluding steroid dienone is 1. The maximum atomic E-state index is 14.2. The van der Waals surface area contributed by atoms with Crippen LogP contribution in [0.3, 0.4) is 0 Å². The van der Waals surface area contributed by atoms with Crippen LogP contribution in [-0.4, -0.2) is 18.5 Å². The molecule has 1 amide bonds. The smallest absolute Gasteiger partial charge is 0.336 e. The molecule has 0 aliphatic carbocycles. The monoisotopic (exact) mass is 339 g/mol. The first-order valence-electron chi connectivity index (χ1n) is 7.43. The summed E-state index contributed by atoms with van der Waals surface area (Å²) in [5.41, 5.74) is 0.774. The maximum absolute atomic E-state index is 14.2. The van der Waals surface area contributed by atoms with Gasteiger partial charge in [0.15, 0.2) is 0 Å². The quantitative estimate of drug-likeness (QED) is 0.853. The highest BCUT2D eigenvalue weighted by Crippen LogP contribution is 2.38. The number of rotatable bonds is 4. The van der Waals surface area contributed by atoms with Crippen LogP contribution in [0.1, 0.15) is 38.7 Å². The highest BCUT2D eigenvalue weighted by molar-refractivity contribution is 6.31. The second-order valence-corrected chi connectivity index (χ2v) is 6.38. The van der Waals surface area contributed by atoms with Gasteiger partial charge in [0, 0.05) is 28.6 Å². The molecule has 0 unspecified atom stereocenters. The molecule has 0 fully saturated rings. The van der Waals surface area contributed by atoms with Crippen LogP contribution in [0.5, 0.6) is 0 Å². The standard InChI is InChI=1S/C17H19ClFNO3/c1-9(2)8-23-17(22)15-10(3)20-14(21)7-11(15)16-12(18)5-4-6-13(16)19/h4-6,9,11H,7-8H2,1-3H3,(H,20,21)/t11-/m1/s1. The van der Waals surface area contributed by atoms with Gasteiger partial charge in [0.05, 0.1) is 12.2 Å². The van der Waals surface area contributed by atoms with Crippen molar-refractivity contribution in [1.29, 1.82) is 0 Å². The van der Waals surface area contributed by atoms with Crippen LogP contribution in [0.25, 0.3) is 0 Å². The SMILES string of the molecule is CC1=C(C(=O)OCC(C)C)[C@H](c2c(F)cccc2Cl)CC(=O)N1. The van der Waals surface area contributed by atoms with Gasteiger partial charge in [-0.3, -0.25) is 4.79 Å². The lowest BCUT2D eigenvalue weighted by atomic mass is 9.84. The third-order valence-electron chi connectivity index (χ3n) is 3.58. The van der Waals surface area contributed by atoms with Crippen molar-refractivity contribution in [1.82, 2.24) is 5.32 Å². The summed E-state index contributed by atoms with van der Waals surface area (Å²) in [7, 11) is 0. The first kappa shape index (κ1) is 17.5. The summed E-state index contributed by atoms with van der Waals surface area (Å²) in [6.45, 7) is 5.69. The van der Waals surface area contributed by atoms with Crippen LogP contribution in [0, 0.1) is 11.7 Å². The number of halogens is 2. The number of carbonyl (C=O) groups excluding carboxylic acids is 2. The van der Waals surface area contributed by atoms with Gasteiger partial charge >= 0.3 is 5.97 Å². The minimum absolute atomic E-state index is 0.0515. The highest BCUT2D eigenvalue weighted by atomic mass is 35.5. The average molecular weight is 340 g/mol. The van der Waals surface area contributed by atoms with E-state index in [1.165, 1.54) is 12.1 Å². The molecule has 1 atom stereocenters. The largest absolute Gasteiger partial charge is 0.462 e. The number of hydrogen-bond donors (Lipinski definition) is 1. The number of hydrogen-bond acceptors (Lipinski definition) is 3. The van der Waals surface area contributed by atoms with Crippen molar-refractivity contribution in [3.8, 4) is 0 Å². The minimum atomic E-state index is -0.753. The normalized spacial score (nSPS) is 18.2. The Hall–Kier alpha value is -1.88. The summed E-state index contributed by atoms with van der Waals surface area (Å²) in [5, 5.41) is 2.80. The first-order valence-corrected chi connectivity index (χ1v) is 7.80. The van der Waals surface area contributed by atoms with E-state index >= 15 is 0 Å². The van der Waals surface area contributed by atoms with Gasteiger partial charge in [0.2, 0.25) is 5.91 Å². The van der Waals surface area contributed by atoms with E-state index < -0.39 is 17.7 Å². The molecule has 0 saturated heterocycles. The summed E-state index contributed by atoms with van der Waals surface area (Å²) >= 11 is 6.11. The van der Waals surface area contributed by atoms with E-state index in [9.17, 15) is 14.0 Å². The molecule has 0 bridgehead atoms. The van der Waals surface area contributed by atoms with Crippen LogP contribution in [-0.2, 0) is 14.3 Å². The Morgan fingerprint density at radius 3 is 2.78 bits per heavy atom. The van der Waals surface area contributed by atoms with E-state index in [4.69, 9.17) is 16.3 Å². The lowest BCUT2D eigenvalue weighted by molar-refractivity contribution is -0.140. The molecular weight excluding hydrogens is 321 g/mol. The molecule has 1 heterocycles. The lowest BCUT2D eigenvalue weighted by Crippen LogP contribution is -2.34. The van der Waals surface area contributed by atoms with Crippen molar-refractivity contribution in [2.45, 2.75) is 33.1 Å². The molecule has 4 nitrogen and oxygen atoms in total. The molecule has 1 aliphatic rings. The van der Waals surface area contributed by atoms with Gasteiger partial charge in [-0.1, -0.05) is 31.5 Å². The Labute approximate surface area is 139 Å². The third kappa shape index (κ3) is 3.91. The summed E-state index contributed by atoms with van der Waals surface area (Å²) in [5.74, 6) is -1.96. The third-order valence-corrected chi connectivity index (χ3v) is 3.91. The fraction of sp³-hybridized carbons (Fsp3) is 0.412. The molecule has 1 aromatic carbocycles. The van der Waals surface area contributed by atoms with E-state index in [0.717, 1.165) is 0 Å². The second-order valence-electron chi connectivity index (χ2n) is 5.97. The summed E-state index contributed by atoms with van der Waals surface area (Å²) in [6, 6.07) is 4.29. The molecule has 0 aromatic heterocycles. The maximum Gasteiger partial charge on any atom is 0.336 e. The molecule has 0 saturated carbocycles. The Balaban J connectivity index is 2.44. The Morgan fingerprint density at radius 1 is 1.48 bits per heavy atom. The highest BCUT2D eigenvalue weighted by Gasteiger charge is 2.35. The van der Waals surface area contributed by atoms with Gasteiger partial charge in [0.25, 0.3) is 0 Å². The predicted molar refractivity (Wildman–Crippen MR) is 85.4 cm³/mol. The second kappa shape index (κ2) is 7.13. The number of amides is 1. The fourth-order valence-corrected chi connectivity index (χ4v) is 2.88. The molecule has 2 rings (SSSR count). The van der Waals surface area contributed by atoms with Crippen LogP contribution >= 0.6 is 11.6 Å². The van der Waals surface area contributed by atoms with Crippen LogP contribution < -0.4 is 5.32 Å². The van der Waals surface area contributed by atoms with Crippen molar-refractivity contribution in [2.24, 2.45) is 5.92 Å². The fourth-order valence-electron chi connectivity index (χ4n) is 2.58. The van der Waals surface area contributed by atoms with Gasteiger partial charge < -0.3 is 10.1 Å². The molecule has 6 heteroatoms. The Bertz CT molecular complexity index is 650. The topological polar surface area (TPSA) is 55.4 Å². The number of esters is 1. The van der Waals surface area contributed by atoms with E-state index in [1.807, 2.05) is 13.8 Å². The van der Waals surface area contributed by atoms with E-state index in [2.05, 4.69) is 5.32 Å². The zero-order valence-electron chi connectivity index (χ0n) is 13.3. The van der Waals surface area contributed by atoms with Gasteiger partial charge in [-0.15, -0.1) is 0 Å². The summed E-state index contributed by atoms with van der Waals surface area (Å²) in [6.07, 6.45) is -0.0515. The summed E-state index contributed by atoms with van der Waals surface area (Å²) in [4.78, 5) is 24.3. The molecule has 1 aliphatic heterocycles. The Morgan fingerprint density at radius 2 is 2.17 bits per heavy atom. The van der Waals surface area contributed by atoms with E-state index in [1.54, 1.807) is 13.0 Å². The molecule has 1 N–H and O–H groups in total. The van der Waals surface area contributed by atoms with Crippen molar-refractivity contribution in [3.63, 3.8) is 0 Å². The molecule has 23 heavy (non-hydrogen) atoms. The van der Waals surface area contributed by atoms with Crippen molar-refractivity contribution in [3.05, 3.63) is 45.9 Å². The number of carbonyl (C=O) groups is 2. The van der Waals surface area contributed by atoms with Crippen molar-refractivity contribution < 1.29 is 18.7 Å². The predicted octanol–water partition coefficient (Wildman–Crippen LogP) is 3.56. The zero-order chi connectivity index (χ0) is 17.1. The van der Waals surface area contributed by atoms with E-state index in [-0.39, 0.29) is 41.0 Å². The number of benzene rings is 1. The van der Waals surface area contributed by atoms with E-state index in [0.29, 0.717) is 5.70 Å². The van der Waals surface area contributed by atoms with Crippen LogP contribution in [0.2, 0.25) is 5.02 Å². The zero-order valence-corrected chi connectivity index (χ0v) is 14.0. The number of ether oxygens (including phenoxy) is 1. The van der Waals surface area contributed by atoms with Crippen LogP contribution in [0.15, 0.2) is 29.5 Å². The average Bonchev–Trinajstić information content (AvgIpc) is 2.44. The molecule has 124 valence electrons. The number of nitrogens with one attached hydrogen (secondary N) is 1. The van der Waals surface area contributed by atoms with Crippen molar-refractivity contribution >= 4 is 23.5 Å². The van der Waals surface area contributed by atoms with Crippen LogP contribution in [0.4, 0.5) is 4.39 Å². The van der Waals surface area contributed by atoms with Crippen molar-refractivity contribution in [2.75, 3.05) is 6.61 Å². The summed E-state index contributed by atoms with van der Waals surface area (Å²) < 4.78 is 19.5. The molecule has 1 aromatic rings. The van der Waals surface area contributed by atoms with Gasteiger partial charge in [-0.2, -0.15) is 0 Å². The molecular formula is C17H19ClFNO3. The first-order chi connectivity index (χ1) is 10.8. The van der Waals surface area contributed by atoms with Gasteiger partial charge in [0.1, 0.15) is 5.82 Å². The molecule has 0 radical (unpaired) electrons.